The SMILES string of the molecule is COc1ccc(O[Si](C)(C)C(C)(C)C)c(Br)c1C=O. The van der Waals surface area contributed by atoms with Gasteiger partial charge in [-0.2, -0.15) is 0 Å². The maximum absolute atomic E-state index is 11.2. The van der Waals surface area contributed by atoms with E-state index in [2.05, 4.69) is 49.8 Å². The van der Waals surface area contributed by atoms with E-state index < -0.39 is 8.32 Å². The van der Waals surface area contributed by atoms with Crippen molar-refractivity contribution >= 4 is 30.5 Å². The van der Waals surface area contributed by atoms with Crippen LogP contribution in [0.15, 0.2) is 16.6 Å². The average molecular weight is 345 g/mol. The van der Waals surface area contributed by atoms with Gasteiger partial charge in [-0.25, -0.2) is 0 Å². The highest BCUT2D eigenvalue weighted by Crippen LogP contribution is 2.41. The van der Waals surface area contributed by atoms with Crippen LogP contribution in [0.2, 0.25) is 18.1 Å². The van der Waals surface area contributed by atoms with Gasteiger partial charge in [0, 0.05) is 0 Å². The first-order valence-corrected chi connectivity index (χ1v) is 9.85. The fourth-order valence-corrected chi connectivity index (χ4v) is 3.03. The summed E-state index contributed by atoms with van der Waals surface area (Å²) in [5.41, 5.74) is 0.485. The molecular formula is C14H21BrO3Si. The summed E-state index contributed by atoms with van der Waals surface area (Å²) in [6.45, 7) is 10.9. The van der Waals surface area contributed by atoms with Gasteiger partial charge in [0.05, 0.1) is 17.1 Å². The zero-order chi connectivity index (χ0) is 14.8. The van der Waals surface area contributed by atoms with Crippen molar-refractivity contribution in [3.05, 3.63) is 22.2 Å². The van der Waals surface area contributed by atoms with Crippen LogP contribution in [-0.4, -0.2) is 21.7 Å². The molecule has 1 rings (SSSR count). The summed E-state index contributed by atoms with van der Waals surface area (Å²) in [6.07, 6.45) is 0.779. The smallest absolute Gasteiger partial charge is 0.250 e. The Morgan fingerprint density at radius 3 is 2.16 bits per heavy atom. The average Bonchev–Trinajstić information content (AvgIpc) is 2.29. The molecule has 5 heteroatoms. The Labute approximate surface area is 124 Å². The first-order chi connectivity index (χ1) is 8.64. The maximum atomic E-state index is 11.2. The molecule has 0 radical (unpaired) electrons. The van der Waals surface area contributed by atoms with Gasteiger partial charge in [-0.15, -0.1) is 0 Å². The third kappa shape index (κ3) is 3.39. The molecule has 0 aliphatic carbocycles. The Bertz CT molecular complexity index is 478. The molecule has 0 spiro atoms. The van der Waals surface area contributed by atoms with Gasteiger partial charge in [-0.3, -0.25) is 4.79 Å². The Morgan fingerprint density at radius 1 is 1.21 bits per heavy atom. The van der Waals surface area contributed by atoms with E-state index >= 15 is 0 Å². The molecule has 0 saturated heterocycles. The van der Waals surface area contributed by atoms with Crippen LogP contribution in [0.4, 0.5) is 0 Å². The molecule has 0 N–H and O–H groups in total. The molecule has 3 nitrogen and oxygen atoms in total. The summed E-state index contributed by atoms with van der Waals surface area (Å²) in [6, 6.07) is 3.60. The molecule has 0 bridgehead atoms. The van der Waals surface area contributed by atoms with E-state index in [1.807, 2.05) is 6.07 Å². The number of benzene rings is 1. The van der Waals surface area contributed by atoms with Crippen molar-refractivity contribution < 1.29 is 14.0 Å². The van der Waals surface area contributed by atoms with Crippen LogP contribution in [0.5, 0.6) is 11.5 Å². The first-order valence-electron chi connectivity index (χ1n) is 6.14. The summed E-state index contributed by atoms with van der Waals surface area (Å²) >= 11 is 3.44. The number of hydrogen-bond acceptors (Lipinski definition) is 3. The van der Waals surface area contributed by atoms with Crippen LogP contribution < -0.4 is 9.16 Å². The van der Waals surface area contributed by atoms with Crippen molar-refractivity contribution in [3.8, 4) is 11.5 Å². The summed E-state index contributed by atoms with van der Waals surface area (Å²) in [4.78, 5) is 11.2. The Morgan fingerprint density at radius 2 is 1.74 bits per heavy atom. The zero-order valence-electron chi connectivity index (χ0n) is 12.3. The first kappa shape index (κ1) is 16.2. The highest BCUT2D eigenvalue weighted by molar-refractivity contribution is 9.10. The lowest BCUT2D eigenvalue weighted by molar-refractivity contribution is 0.111. The lowest BCUT2D eigenvalue weighted by Crippen LogP contribution is -2.44. The van der Waals surface area contributed by atoms with Gasteiger partial charge in [0.1, 0.15) is 11.5 Å². The van der Waals surface area contributed by atoms with Crippen LogP contribution in [0.3, 0.4) is 0 Å². The lowest BCUT2D eigenvalue weighted by Gasteiger charge is -2.36. The Balaban J connectivity index is 3.21. The van der Waals surface area contributed by atoms with Crippen LogP contribution in [0.25, 0.3) is 0 Å². The standard InChI is InChI=1S/C14H21BrO3Si/c1-14(2,3)19(5,6)18-12-8-7-11(17-4)10(9-16)13(12)15/h7-9H,1-6H3. The summed E-state index contributed by atoms with van der Waals surface area (Å²) in [5, 5.41) is 0.105. The molecule has 1 aromatic rings. The summed E-state index contributed by atoms with van der Waals surface area (Å²) in [7, 11) is -0.382. The molecule has 0 fully saturated rings. The second kappa shape index (κ2) is 5.67. The maximum Gasteiger partial charge on any atom is 0.250 e. The van der Waals surface area contributed by atoms with E-state index in [0.29, 0.717) is 21.5 Å². The van der Waals surface area contributed by atoms with E-state index in [4.69, 9.17) is 9.16 Å². The molecule has 0 unspecified atom stereocenters. The fourth-order valence-electron chi connectivity index (χ4n) is 1.35. The monoisotopic (exact) mass is 344 g/mol. The van der Waals surface area contributed by atoms with Crippen molar-refractivity contribution in [1.29, 1.82) is 0 Å². The predicted octanol–water partition coefficient (Wildman–Crippen LogP) is 4.65. The van der Waals surface area contributed by atoms with Crippen molar-refractivity contribution in [2.24, 2.45) is 0 Å². The number of carbonyl (C=O) groups is 1. The van der Waals surface area contributed by atoms with E-state index in [0.717, 1.165) is 6.29 Å². The molecule has 0 atom stereocenters. The van der Waals surface area contributed by atoms with Crippen molar-refractivity contribution in [3.63, 3.8) is 0 Å². The van der Waals surface area contributed by atoms with Gasteiger partial charge in [0.15, 0.2) is 6.29 Å². The van der Waals surface area contributed by atoms with E-state index in [9.17, 15) is 4.79 Å². The number of rotatable bonds is 4. The summed E-state index contributed by atoms with van der Waals surface area (Å²) < 4.78 is 12.0. The minimum absolute atomic E-state index is 0.105. The molecule has 0 aliphatic rings. The second-order valence-corrected chi connectivity index (χ2v) is 11.5. The molecular weight excluding hydrogens is 324 g/mol. The quantitative estimate of drug-likeness (QED) is 0.588. The summed E-state index contributed by atoms with van der Waals surface area (Å²) in [5.74, 6) is 1.25. The number of ether oxygens (including phenoxy) is 1. The zero-order valence-corrected chi connectivity index (χ0v) is 14.9. The van der Waals surface area contributed by atoms with Crippen LogP contribution >= 0.6 is 15.9 Å². The van der Waals surface area contributed by atoms with Crippen molar-refractivity contribution in [2.75, 3.05) is 7.11 Å². The van der Waals surface area contributed by atoms with Gasteiger partial charge >= 0.3 is 0 Å². The van der Waals surface area contributed by atoms with E-state index in [1.54, 1.807) is 13.2 Å². The molecule has 0 heterocycles. The van der Waals surface area contributed by atoms with Crippen molar-refractivity contribution in [1.82, 2.24) is 0 Å². The number of hydrogen-bond donors (Lipinski definition) is 0. The van der Waals surface area contributed by atoms with Crippen molar-refractivity contribution in [2.45, 2.75) is 38.9 Å². The Hall–Kier alpha value is -0.813. The minimum Gasteiger partial charge on any atom is -0.543 e. The van der Waals surface area contributed by atoms with Gasteiger partial charge in [-0.1, -0.05) is 20.8 Å². The number of halogens is 1. The lowest BCUT2D eigenvalue weighted by atomic mass is 10.2. The van der Waals surface area contributed by atoms with E-state index in [-0.39, 0.29) is 5.04 Å². The number of aldehydes is 1. The van der Waals surface area contributed by atoms with Crippen LogP contribution in [0, 0.1) is 0 Å². The van der Waals surface area contributed by atoms with Gasteiger partial charge in [0.25, 0.3) is 8.32 Å². The highest BCUT2D eigenvalue weighted by atomic mass is 79.9. The topological polar surface area (TPSA) is 35.5 Å². The third-order valence-corrected chi connectivity index (χ3v) is 8.77. The second-order valence-electron chi connectivity index (χ2n) is 5.97. The Kier molecular flexibility index (Phi) is 4.85. The highest BCUT2D eigenvalue weighted by Gasteiger charge is 2.39. The molecule has 19 heavy (non-hydrogen) atoms. The third-order valence-electron chi connectivity index (χ3n) is 3.61. The largest absolute Gasteiger partial charge is 0.543 e. The fraction of sp³-hybridized carbons (Fsp3) is 0.500. The normalized spacial score (nSPS) is 12.2. The molecule has 106 valence electrons. The van der Waals surface area contributed by atoms with E-state index in [1.165, 1.54) is 0 Å². The van der Waals surface area contributed by atoms with Crippen LogP contribution in [0.1, 0.15) is 31.1 Å². The molecule has 0 saturated carbocycles. The number of methoxy groups -OCH3 is 1. The van der Waals surface area contributed by atoms with Crippen LogP contribution in [-0.2, 0) is 0 Å². The molecule has 1 aromatic carbocycles. The molecule has 0 aromatic heterocycles. The van der Waals surface area contributed by atoms with Gasteiger partial charge in [-0.05, 0) is 46.2 Å². The molecule has 0 amide bonds. The predicted molar refractivity (Wildman–Crippen MR) is 83.9 cm³/mol. The van der Waals surface area contributed by atoms with Gasteiger partial charge < -0.3 is 9.16 Å². The number of carbonyl (C=O) groups excluding carboxylic acids is 1. The van der Waals surface area contributed by atoms with Gasteiger partial charge in [0.2, 0.25) is 0 Å². The minimum atomic E-state index is -1.93. The molecule has 0 aliphatic heterocycles.